The predicted octanol–water partition coefficient (Wildman–Crippen LogP) is 4.55. The molecule has 140 valence electrons. The number of benzene rings is 2. The minimum Gasteiger partial charge on any atom is -0.350 e. The highest BCUT2D eigenvalue weighted by Gasteiger charge is 2.53. The van der Waals surface area contributed by atoms with Crippen LogP contribution in [0.5, 0.6) is 0 Å². The number of rotatable bonds is 6. The van der Waals surface area contributed by atoms with Crippen LogP contribution in [0.15, 0.2) is 47.4 Å². The normalized spacial score (nSPS) is 13.3. The summed E-state index contributed by atoms with van der Waals surface area (Å²) in [6.07, 6.45) is 0. The molecule has 0 spiro atoms. The molecule has 0 amide bonds. The number of hydrogen-bond acceptors (Lipinski definition) is 5. The first-order chi connectivity index (χ1) is 12.0. The molecule has 11 heteroatoms. The van der Waals surface area contributed by atoms with Crippen molar-refractivity contribution in [2.24, 2.45) is 0 Å². The molecule has 26 heavy (non-hydrogen) atoms. The highest BCUT2D eigenvalue weighted by molar-refractivity contribution is 7.92. The third-order valence-corrected chi connectivity index (χ3v) is 5.62. The van der Waals surface area contributed by atoms with Crippen molar-refractivity contribution in [3.63, 3.8) is 0 Å². The second-order valence-electron chi connectivity index (χ2n) is 5.29. The van der Waals surface area contributed by atoms with Crippen molar-refractivity contribution in [3.8, 4) is 0 Å². The highest BCUT2D eigenvalue weighted by Crippen LogP contribution is 2.38. The lowest BCUT2D eigenvalue weighted by atomic mass is 10.2. The Morgan fingerprint density at radius 3 is 2.27 bits per heavy atom. The van der Waals surface area contributed by atoms with Crippen molar-refractivity contribution in [1.82, 2.24) is 0 Å². The number of aryl methyl sites for hydroxylation is 1. The van der Waals surface area contributed by atoms with Crippen LogP contribution in [-0.2, 0) is 9.84 Å². The number of alkyl halides is 4. The zero-order chi connectivity index (χ0) is 19.7. The van der Waals surface area contributed by atoms with E-state index in [4.69, 9.17) is 0 Å². The van der Waals surface area contributed by atoms with Crippen LogP contribution in [-0.4, -0.2) is 24.2 Å². The topological polar surface area (TPSA) is 89.3 Å². The summed E-state index contributed by atoms with van der Waals surface area (Å²) in [6, 6.07) is 8.80. The van der Waals surface area contributed by atoms with Crippen molar-refractivity contribution in [1.29, 1.82) is 0 Å². The molecule has 0 radical (unpaired) electrons. The molecule has 1 atom stereocenters. The van der Waals surface area contributed by atoms with Crippen LogP contribution < -0.4 is 5.32 Å². The minimum absolute atomic E-state index is 0.121. The zero-order valence-electron chi connectivity index (χ0n) is 13.1. The van der Waals surface area contributed by atoms with Gasteiger partial charge in [-0.05, 0) is 31.2 Å². The minimum atomic E-state index is -5.56. The first-order valence-corrected chi connectivity index (χ1v) is 8.91. The number of nitrogens with one attached hydrogen (secondary N) is 1. The molecule has 0 aliphatic carbocycles. The molecular formula is C15H12ClF3N2O4S. The van der Waals surface area contributed by atoms with Crippen molar-refractivity contribution >= 4 is 38.5 Å². The predicted molar refractivity (Wildman–Crippen MR) is 90.4 cm³/mol. The van der Waals surface area contributed by atoms with E-state index in [1.54, 1.807) is 24.3 Å². The SMILES string of the molecule is Cc1ccc(Nc2ccc(S(=O)(=O)C(F)(F)[C@H](F)Cl)cc2[N+](=O)[O-])cc1. The lowest BCUT2D eigenvalue weighted by Crippen LogP contribution is -2.36. The van der Waals surface area contributed by atoms with Gasteiger partial charge in [0.15, 0.2) is 0 Å². The van der Waals surface area contributed by atoms with Gasteiger partial charge in [0.2, 0.25) is 9.84 Å². The number of nitro benzene ring substituents is 1. The van der Waals surface area contributed by atoms with Gasteiger partial charge in [-0.1, -0.05) is 29.3 Å². The third-order valence-electron chi connectivity index (χ3n) is 3.42. The second kappa shape index (κ2) is 7.12. The lowest BCUT2D eigenvalue weighted by molar-refractivity contribution is -0.384. The summed E-state index contributed by atoms with van der Waals surface area (Å²) in [4.78, 5) is 9.15. The van der Waals surface area contributed by atoms with E-state index in [-0.39, 0.29) is 5.69 Å². The van der Waals surface area contributed by atoms with Crippen LogP contribution in [0, 0.1) is 17.0 Å². The molecule has 0 heterocycles. The Balaban J connectivity index is 2.50. The quantitative estimate of drug-likeness (QED) is 0.430. The molecule has 0 aliphatic heterocycles. The smallest absolute Gasteiger partial charge is 0.350 e. The van der Waals surface area contributed by atoms with Crippen LogP contribution >= 0.6 is 11.6 Å². The summed E-state index contributed by atoms with van der Waals surface area (Å²) in [5.41, 5.74) is -2.99. The van der Waals surface area contributed by atoms with Crippen molar-refractivity contribution in [2.45, 2.75) is 22.7 Å². The molecule has 1 N–H and O–H groups in total. The van der Waals surface area contributed by atoms with E-state index in [0.717, 1.165) is 11.6 Å². The zero-order valence-corrected chi connectivity index (χ0v) is 14.7. The fourth-order valence-corrected chi connectivity index (χ4v) is 3.42. The molecule has 2 aromatic carbocycles. The number of anilines is 2. The second-order valence-corrected chi connectivity index (χ2v) is 7.70. The summed E-state index contributed by atoms with van der Waals surface area (Å²) in [5, 5.41) is 8.97. The van der Waals surface area contributed by atoms with Crippen molar-refractivity contribution in [3.05, 3.63) is 58.1 Å². The van der Waals surface area contributed by atoms with Crippen LogP contribution in [0.2, 0.25) is 0 Å². The number of hydrogen-bond donors (Lipinski definition) is 1. The molecule has 0 aromatic heterocycles. The van der Waals surface area contributed by atoms with E-state index in [1.165, 1.54) is 0 Å². The Labute approximate surface area is 151 Å². The molecule has 0 fully saturated rings. The first kappa shape index (κ1) is 20.0. The van der Waals surface area contributed by atoms with Gasteiger partial charge in [-0.15, -0.1) is 0 Å². The Morgan fingerprint density at radius 2 is 1.77 bits per heavy atom. The van der Waals surface area contributed by atoms with E-state index in [9.17, 15) is 31.7 Å². The molecule has 0 bridgehead atoms. The fraction of sp³-hybridized carbons (Fsp3) is 0.200. The van der Waals surface area contributed by atoms with Crippen LogP contribution in [0.4, 0.5) is 30.2 Å². The van der Waals surface area contributed by atoms with Gasteiger partial charge in [0, 0.05) is 11.8 Å². The van der Waals surface area contributed by atoms with Gasteiger partial charge in [-0.25, -0.2) is 12.8 Å². The summed E-state index contributed by atoms with van der Waals surface area (Å²) in [7, 11) is -5.56. The van der Waals surface area contributed by atoms with E-state index in [2.05, 4.69) is 16.9 Å². The van der Waals surface area contributed by atoms with Gasteiger partial charge in [0.1, 0.15) is 5.69 Å². The maximum Gasteiger partial charge on any atom is 0.393 e. The summed E-state index contributed by atoms with van der Waals surface area (Å²) < 4.78 is 63.6. The largest absolute Gasteiger partial charge is 0.393 e. The van der Waals surface area contributed by atoms with Crippen LogP contribution in [0.1, 0.15) is 5.56 Å². The average molecular weight is 409 g/mol. The maximum atomic E-state index is 13.5. The van der Waals surface area contributed by atoms with E-state index in [0.29, 0.717) is 17.8 Å². The third kappa shape index (κ3) is 3.75. The van der Waals surface area contributed by atoms with Gasteiger partial charge >= 0.3 is 5.25 Å². The highest BCUT2D eigenvalue weighted by atomic mass is 35.5. The van der Waals surface area contributed by atoms with Gasteiger partial charge in [0.05, 0.1) is 9.82 Å². The maximum absolute atomic E-state index is 13.5. The molecule has 2 rings (SSSR count). The summed E-state index contributed by atoms with van der Waals surface area (Å²) in [5.74, 6) is 0. The number of sulfone groups is 1. The fourth-order valence-electron chi connectivity index (χ4n) is 2.00. The molecule has 6 nitrogen and oxygen atoms in total. The molecule has 0 saturated heterocycles. The van der Waals surface area contributed by atoms with E-state index >= 15 is 0 Å². The van der Waals surface area contributed by atoms with Gasteiger partial charge in [0.25, 0.3) is 11.3 Å². The van der Waals surface area contributed by atoms with Gasteiger partial charge in [-0.2, -0.15) is 8.78 Å². The summed E-state index contributed by atoms with van der Waals surface area (Å²) >= 11 is 4.62. The van der Waals surface area contributed by atoms with Crippen molar-refractivity contribution < 1.29 is 26.5 Å². The molecule has 2 aromatic rings. The Morgan fingerprint density at radius 1 is 1.19 bits per heavy atom. The Bertz CT molecular complexity index is 934. The van der Waals surface area contributed by atoms with Gasteiger partial charge in [-0.3, -0.25) is 10.1 Å². The molecule has 0 unspecified atom stereocenters. The molecular weight excluding hydrogens is 397 g/mol. The Hall–Kier alpha value is -2.33. The first-order valence-electron chi connectivity index (χ1n) is 6.99. The lowest BCUT2D eigenvalue weighted by Gasteiger charge is -2.17. The monoisotopic (exact) mass is 408 g/mol. The number of nitro groups is 1. The van der Waals surface area contributed by atoms with Crippen LogP contribution in [0.25, 0.3) is 0 Å². The molecule has 0 saturated carbocycles. The van der Waals surface area contributed by atoms with E-state index in [1.807, 2.05) is 6.92 Å². The standard InChI is InChI=1S/C15H12ClF3N2O4S/c1-9-2-4-10(5-3-9)20-12-7-6-11(8-13(12)21(22)23)26(24,25)15(18,19)14(16)17/h2-8,14,20H,1H3/t14-/m0/s1. The van der Waals surface area contributed by atoms with Crippen molar-refractivity contribution in [2.75, 3.05) is 5.32 Å². The summed E-state index contributed by atoms with van der Waals surface area (Å²) in [6.45, 7) is 1.83. The number of nitrogens with zero attached hydrogens (tertiary/aromatic N) is 1. The van der Waals surface area contributed by atoms with Gasteiger partial charge < -0.3 is 5.32 Å². The van der Waals surface area contributed by atoms with Crippen LogP contribution in [0.3, 0.4) is 0 Å². The van der Waals surface area contributed by atoms with E-state index < -0.39 is 36.2 Å². The molecule has 0 aliphatic rings. The number of halogens is 4. The average Bonchev–Trinajstić information content (AvgIpc) is 2.56. The Kier molecular flexibility index (Phi) is 5.47.